The number of para-hydroxylation sites is 1. The molecule has 4 aromatic rings. The van der Waals surface area contributed by atoms with Gasteiger partial charge in [0.15, 0.2) is 0 Å². The number of carbonyl (C=O) groups excluding carboxylic acids is 1. The second kappa shape index (κ2) is 7.72. The molecule has 5 rings (SSSR count). The second-order valence-electron chi connectivity index (χ2n) is 7.64. The lowest BCUT2D eigenvalue weighted by Crippen LogP contribution is -2.48. The van der Waals surface area contributed by atoms with Crippen molar-refractivity contribution in [3.8, 4) is 0 Å². The van der Waals surface area contributed by atoms with Crippen LogP contribution in [0.2, 0.25) is 0 Å². The van der Waals surface area contributed by atoms with Crippen LogP contribution >= 0.6 is 0 Å². The van der Waals surface area contributed by atoms with Crippen molar-refractivity contribution in [2.45, 2.75) is 6.54 Å². The van der Waals surface area contributed by atoms with Crippen molar-refractivity contribution in [3.05, 3.63) is 78.1 Å². The Labute approximate surface area is 174 Å². The van der Waals surface area contributed by atoms with Crippen LogP contribution in [0.15, 0.2) is 66.7 Å². The van der Waals surface area contributed by atoms with E-state index in [0.29, 0.717) is 25.5 Å². The molecule has 1 fully saturated rings. The zero-order chi connectivity index (χ0) is 20.5. The minimum atomic E-state index is 0.0950. The number of nitrogen functional groups attached to an aromatic ring is 1. The summed E-state index contributed by atoms with van der Waals surface area (Å²) in [6.07, 6.45) is 0. The van der Waals surface area contributed by atoms with E-state index in [1.807, 2.05) is 71.6 Å². The maximum absolute atomic E-state index is 13.1. The van der Waals surface area contributed by atoms with Gasteiger partial charge in [0, 0.05) is 37.1 Å². The normalized spacial score (nSPS) is 15.0. The van der Waals surface area contributed by atoms with Crippen molar-refractivity contribution in [1.29, 1.82) is 0 Å². The van der Waals surface area contributed by atoms with E-state index < -0.39 is 0 Å². The number of piperazine rings is 1. The highest BCUT2D eigenvalue weighted by molar-refractivity contribution is 6.07. The largest absolute Gasteiger partial charge is 0.383 e. The standard InChI is InChI=1S/C24H23N5O/c25-23-20-9-3-4-11-21(20)26-22(27-23)16-28-12-14-29(15-13-28)24(30)19-10-5-7-17-6-1-2-8-18(17)19/h1-11H,12-16H2,(H2,25,26,27). The Kier molecular flexibility index (Phi) is 4.77. The minimum absolute atomic E-state index is 0.0950. The van der Waals surface area contributed by atoms with Crippen LogP contribution in [0.3, 0.4) is 0 Å². The lowest BCUT2D eigenvalue weighted by molar-refractivity contribution is 0.0627. The molecule has 3 aromatic carbocycles. The van der Waals surface area contributed by atoms with Crippen molar-refractivity contribution in [1.82, 2.24) is 19.8 Å². The van der Waals surface area contributed by atoms with Crippen molar-refractivity contribution >= 4 is 33.4 Å². The van der Waals surface area contributed by atoms with Crippen molar-refractivity contribution in [2.24, 2.45) is 0 Å². The summed E-state index contributed by atoms with van der Waals surface area (Å²) < 4.78 is 0. The van der Waals surface area contributed by atoms with E-state index in [0.717, 1.165) is 46.2 Å². The number of nitrogens with two attached hydrogens (primary N) is 1. The number of anilines is 1. The third kappa shape index (κ3) is 3.46. The molecule has 0 radical (unpaired) electrons. The molecule has 2 heterocycles. The molecule has 0 saturated carbocycles. The first-order valence-corrected chi connectivity index (χ1v) is 10.2. The maximum atomic E-state index is 13.1. The van der Waals surface area contributed by atoms with Gasteiger partial charge in [-0.15, -0.1) is 0 Å². The van der Waals surface area contributed by atoms with Crippen LogP contribution in [0.5, 0.6) is 0 Å². The van der Waals surface area contributed by atoms with Gasteiger partial charge in [-0.3, -0.25) is 9.69 Å². The van der Waals surface area contributed by atoms with E-state index in [2.05, 4.69) is 14.9 Å². The van der Waals surface area contributed by atoms with Crippen molar-refractivity contribution in [3.63, 3.8) is 0 Å². The maximum Gasteiger partial charge on any atom is 0.254 e. The summed E-state index contributed by atoms with van der Waals surface area (Å²) in [6.45, 7) is 3.57. The van der Waals surface area contributed by atoms with Gasteiger partial charge in [0.05, 0.1) is 12.1 Å². The van der Waals surface area contributed by atoms with Gasteiger partial charge in [0.25, 0.3) is 5.91 Å². The molecule has 0 bridgehead atoms. The quantitative estimate of drug-likeness (QED) is 0.574. The summed E-state index contributed by atoms with van der Waals surface area (Å²) in [7, 11) is 0. The Morgan fingerprint density at radius 1 is 0.833 bits per heavy atom. The highest BCUT2D eigenvalue weighted by Gasteiger charge is 2.24. The molecule has 6 nitrogen and oxygen atoms in total. The number of fused-ring (bicyclic) bond motifs is 2. The smallest absolute Gasteiger partial charge is 0.254 e. The zero-order valence-electron chi connectivity index (χ0n) is 16.7. The van der Waals surface area contributed by atoms with Crippen LogP contribution in [0.1, 0.15) is 16.2 Å². The average Bonchev–Trinajstić information content (AvgIpc) is 2.79. The van der Waals surface area contributed by atoms with Gasteiger partial charge in [0.2, 0.25) is 0 Å². The summed E-state index contributed by atoms with van der Waals surface area (Å²) in [5.41, 5.74) is 7.75. The minimum Gasteiger partial charge on any atom is -0.383 e. The lowest BCUT2D eigenvalue weighted by atomic mass is 10.0. The third-order valence-corrected chi connectivity index (χ3v) is 5.72. The van der Waals surface area contributed by atoms with E-state index >= 15 is 0 Å². The Morgan fingerprint density at radius 2 is 1.53 bits per heavy atom. The fraction of sp³-hybridized carbons (Fsp3) is 0.208. The van der Waals surface area contributed by atoms with E-state index in [1.54, 1.807) is 0 Å². The van der Waals surface area contributed by atoms with Gasteiger partial charge in [-0.05, 0) is 29.0 Å². The summed E-state index contributed by atoms with van der Waals surface area (Å²) in [6, 6.07) is 21.7. The molecule has 6 heteroatoms. The van der Waals surface area contributed by atoms with Gasteiger partial charge >= 0.3 is 0 Å². The summed E-state index contributed by atoms with van der Waals surface area (Å²) in [5, 5.41) is 2.98. The van der Waals surface area contributed by atoms with Crippen LogP contribution in [-0.2, 0) is 6.54 Å². The molecule has 30 heavy (non-hydrogen) atoms. The lowest BCUT2D eigenvalue weighted by Gasteiger charge is -2.34. The van der Waals surface area contributed by atoms with Crippen LogP contribution in [0.4, 0.5) is 5.82 Å². The van der Waals surface area contributed by atoms with Crippen LogP contribution in [0, 0.1) is 0 Å². The number of benzene rings is 3. The topological polar surface area (TPSA) is 75.3 Å². The Balaban J connectivity index is 1.28. The fourth-order valence-electron chi connectivity index (χ4n) is 4.11. The highest BCUT2D eigenvalue weighted by Crippen LogP contribution is 2.21. The number of carbonyl (C=O) groups is 1. The molecule has 2 N–H and O–H groups in total. The first-order valence-electron chi connectivity index (χ1n) is 10.2. The number of hydrogen-bond acceptors (Lipinski definition) is 5. The van der Waals surface area contributed by atoms with Gasteiger partial charge in [-0.25, -0.2) is 9.97 Å². The van der Waals surface area contributed by atoms with Gasteiger partial charge in [-0.1, -0.05) is 48.5 Å². The Bertz CT molecular complexity index is 1230. The predicted octanol–water partition coefficient (Wildman–Crippen LogP) is 3.32. The first-order chi connectivity index (χ1) is 14.7. The second-order valence-corrected chi connectivity index (χ2v) is 7.64. The first kappa shape index (κ1) is 18.5. The van der Waals surface area contributed by atoms with E-state index in [4.69, 9.17) is 5.73 Å². The molecule has 1 aliphatic rings. The summed E-state index contributed by atoms with van der Waals surface area (Å²) >= 11 is 0. The zero-order valence-corrected chi connectivity index (χ0v) is 16.7. The molecule has 0 aliphatic carbocycles. The molecular weight excluding hydrogens is 374 g/mol. The number of aromatic nitrogens is 2. The van der Waals surface area contributed by atoms with Crippen LogP contribution in [0.25, 0.3) is 21.7 Å². The SMILES string of the molecule is Nc1nc(CN2CCN(C(=O)c3cccc4ccccc34)CC2)nc2ccccc12. The molecule has 150 valence electrons. The summed E-state index contributed by atoms with van der Waals surface area (Å²) in [5.74, 6) is 1.33. The summed E-state index contributed by atoms with van der Waals surface area (Å²) in [4.78, 5) is 26.5. The van der Waals surface area contributed by atoms with E-state index in [1.165, 1.54) is 0 Å². The van der Waals surface area contributed by atoms with Gasteiger partial charge in [0.1, 0.15) is 11.6 Å². The number of nitrogens with zero attached hydrogens (tertiary/aromatic N) is 4. The van der Waals surface area contributed by atoms with E-state index in [-0.39, 0.29) is 5.91 Å². The average molecular weight is 397 g/mol. The van der Waals surface area contributed by atoms with Gasteiger partial charge in [-0.2, -0.15) is 0 Å². The third-order valence-electron chi connectivity index (χ3n) is 5.72. The molecule has 1 aliphatic heterocycles. The monoisotopic (exact) mass is 397 g/mol. The molecule has 1 amide bonds. The molecule has 1 aromatic heterocycles. The molecule has 0 spiro atoms. The van der Waals surface area contributed by atoms with Crippen LogP contribution < -0.4 is 5.73 Å². The fourth-order valence-corrected chi connectivity index (χ4v) is 4.11. The van der Waals surface area contributed by atoms with Crippen LogP contribution in [-0.4, -0.2) is 51.9 Å². The number of rotatable bonds is 3. The van der Waals surface area contributed by atoms with Crippen molar-refractivity contribution < 1.29 is 4.79 Å². The Hall–Kier alpha value is -3.51. The molecule has 1 saturated heterocycles. The Morgan fingerprint density at radius 3 is 2.37 bits per heavy atom. The number of amides is 1. The molecule has 0 unspecified atom stereocenters. The van der Waals surface area contributed by atoms with Gasteiger partial charge < -0.3 is 10.6 Å². The highest BCUT2D eigenvalue weighted by atomic mass is 16.2. The van der Waals surface area contributed by atoms with Crippen molar-refractivity contribution in [2.75, 3.05) is 31.9 Å². The molecule has 0 atom stereocenters. The predicted molar refractivity (Wildman–Crippen MR) is 119 cm³/mol. The van der Waals surface area contributed by atoms with E-state index in [9.17, 15) is 4.79 Å². The molecular formula is C24H23N5O. The number of hydrogen-bond donors (Lipinski definition) is 1.